The van der Waals surface area contributed by atoms with Crippen LogP contribution in [0.2, 0.25) is 0 Å². The number of carbonyl (C=O) groups excluding carboxylic acids is 1. The lowest BCUT2D eigenvalue weighted by Crippen LogP contribution is -2.61. The minimum Gasteiger partial charge on any atom is -0.493 e. The molecule has 1 atom stereocenters. The molecule has 0 spiro atoms. The molecule has 0 fully saturated rings. The number of ether oxygens (including phenoxy) is 2. The first kappa shape index (κ1) is 16.4. The lowest BCUT2D eigenvalue weighted by atomic mass is 9.72. The van der Waals surface area contributed by atoms with Crippen LogP contribution in [-0.2, 0) is 23.2 Å². The molecule has 0 radical (unpaired) electrons. The zero-order valence-corrected chi connectivity index (χ0v) is 14.6. The second-order valence-electron chi connectivity index (χ2n) is 6.57. The Kier molecular flexibility index (Phi) is 3.64. The number of fused-ring (bicyclic) bond motifs is 4. The molecule has 0 saturated carbocycles. The van der Waals surface area contributed by atoms with Gasteiger partial charge in [-0.15, -0.1) is 0 Å². The van der Waals surface area contributed by atoms with E-state index in [1.165, 1.54) is 12.0 Å². The van der Waals surface area contributed by atoms with E-state index in [9.17, 15) is 14.7 Å². The molecule has 1 amide bonds. The van der Waals surface area contributed by atoms with Gasteiger partial charge in [-0.2, -0.15) is 0 Å². The highest BCUT2D eigenvalue weighted by Gasteiger charge is 2.54. The number of carboxylic acids is 1. The van der Waals surface area contributed by atoms with Gasteiger partial charge in [-0.1, -0.05) is 18.2 Å². The van der Waals surface area contributed by atoms with Crippen molar-refractivity contribution in [1.82, 2.24) is 4.90 Å². The molecular weight excluding hydrogens is 334 g/mol. The maximum absolute atomic E-state index is 13.1. The number of rotatable bonds is 3. The quantitative estimate of drug-likeness (QED) is 0.916. The first-order chi connectivity index (χ1) is 12.5. The van der Waals surface area contributed by atoms with E-state index >= 15 is 0 Å². The fourth-order valence-corrected chi connectivity index (χ4v) is 4.16. The second kappa shape index (κ2) is 5.76. The van der Waals surface area contributed by atoms with Gasteiger partial charge in [0.25, 0.3) is 5.91 Å². The van der Waals surface area contributed by atoms with E-state index in [2.05, 4.69) is 0 Å². The summed E-state index contributed by atoms with van der Waals surface area (Å²) in [6.45, 7) is 0.349. The SMILES string of the molecule is COc1cc2c(cc1OC)C1(C(=O)O)Cc3ccccc3C(=O)N1CC2. The third-order valence-corrected chi connectivity index (χ3v) is 5.41. The van der Waals surface area contributed by atoms with Crippen LogP contribution in [0.25, 0.3) is 0 Å². The van der Waals surface area contributed by atoms with Gasteiger partial charge < -0.3 is 19.5 Å². The van der Waals surface area contributed by atoms with E-state index in [0.29, 0.717) is 35.6 Å². The molecule has 6 heteroatoms. The van der Waals surface area contributed by atoms with E-state index in [-0.39, 0.29) is 12.3 Å². The van der Waals surface area contributed by atoms with Crippen LogP contribution in [0.4, 0.5) is 0 Å². The summed E-state index contributed by atoms with van der Waals surface area (Å²) in [5.41, 5.74) is 1.36. The average Bonchev–Trinajstić information content (AvgIpc) is 2.66. The molecule has 2 aliphatic rings. The fraction of sp³-hybridized carbons (Fsp3) is 0.300. The van der Waals surface area contributed by atoms with Crippen molar-refractivity contribution in [2.45, 2.75) is 18.4 Å². The van der Waals surface area contributed by atoms with Crippen molar-refractivity contribution in [3.8, 4) is 11.5 Å². The molecule has 0 bridgehead atoms. The van der Waals surface area contributed by atoms with Gasteiger partial charge in [0.05, 0.1) is 14.2 Å². The predicted molar refractivity (Wildman–Crippen MR) is 93.7 cm³/mol. The Morgan fingerprint density at radius 2 is 1.81 bits per heavy atom. The minimum atomic E-state index is -1.43. The topological polar surface area (TPSA) is 76.1 Å². The van der Waals surface area contributed by atoms with E-state index in [1.54, 1.807) is 25.3 Å². The van der Waals surface area contributed by atoms with Crippen LogP contribution in [0.3, 0.4) is 0 Å². The van der Waals surface area contributed by atoms with Crippen molar-refractivity contribution < 1.29 is 24.2 Å². The van der Waals surface area contributed by atoms with Crippen LogP contribution in [0.1, 0.15) is 27.0 Å². The van der Waals surface area contributed by atoms with Crippen molar-refractivity contribution in [2.24, 2.45) is 0 Å². The van der Waals surface area contributed by atoms with Gasteiger partial charge in [-0.25, -0.2) is 4.79 Å². The number of carbonyl (C=O) groups is 2. The molecule has 2 heterocycles. The van der Waals surface area contributed by atoms with Crippen LogP contribution < -0.4 is 9.47 Å². The van der Waals surface area contributed by atoms with Gasteiger partial charge in [-0.3, -0.25) is 4.79 Å². The number of methoxy groups -OCH3 is 2. The molecule has 6 nitrogen and oxygen atoms in total. The lowest BCUT2D eigenvalue weighted by molar-refractivity contribution is -0.151. The Balaban J connectivity index is 1.99. The molecule has 26 heavy (non-hydrogen) atoms. The molecule has 1 unspecified atom stereocenters. The number of amides is 1. The van der Waals surface area contributed by atoms with Gasteiger partial charge in [-0.05, 0) is 41.3 Å². The third kappa shape index (κ3) is 2.05. The molecule has 0 saturated heterocycles. The third-order valence-electron chi connectivity index (χ3n) is 5.41. The van der Waals surface area contributed by atoms with Crippen LogP contribution in [0.5, 0.6) is 11.5 Å². The Labute approximate surface area is 151 Å². The second-order valence-corrected chi connectivity index (χ2v) is 6.57. The maximum atomic E-state index is 13.1. The number of nitrogens with zero attached hydrogens (tertiary/aromatic N) is 1. The molecule has 4 rings (SSSR count). The van der Waals surface area contributed by atoms with Crippen LogP contribution in [-0.4, -0.2) is 42.6 Å². The summed E-state index contributed by atoms with van der Waals surface area (Å²) in [5.74, 6) is -0.258. The van der Waals surface area contributed by atoms with Gasteiger partial charge in [0.1, 0.15) is 0 Å². The van der Waals surface area contributed by atoms with Crippen molar-refractivity contribution in [3.05, 3.63) is 58.7 Å². The summed E-state index contributed by atoms with van der Waals surface area (Å²) in [6, 6.07) is 10.7. The normalized spacial score (nSPS) is 20.7. The molecule has 0 aliphatic carbocycles. The van der Waals surface area contributed by atoms with Crippen molar-refractivity contribution in [2.75, 3.05) is 20.8 Å². The summed E-state index contributed by atoms with van der Waals surface area (Å²) >= 11 is 0. The molecular formula is C20H19NO5. The van der Waals surface area contributed by atoms with E-state index in [4.69, 9.17) is 9.47 Å². The summed E-state index contributed by atoms with van der Waals surface area (Å²) in [5, 5.41) is 10.2. The summed E-state index contributed by atoms with van der Waals surface area (Å²) in [4.78, 5) is 27.1. The smallest absolute Gasteiger partial charge is 0.334 e. The largest absolute Gasteiger partial charge is 0.493 e. The minimum absolute atomic E-state index is 0.229. The molecule has 2 aromatic carbocycles. The highest BCUT2D eigenvalue weighted by molar-refractivity contribution is 6.02. The Morgan fingerprint density at radius 3 is 2.50 bits per heavy atom. The highest BCUT2D eigenvalue weighted by atomic mass is 16.5. The van der Waals surface area contributed by atoms with Crippen LogP contribution in [0, 0.1) is 0 Å². The lowest BCUT2D eigenvalue weighted by Gasteiger charge is -2.48. The Bertz CT molecular complexity index is 922. The van der Waals surface area contributed by atoms with Gasteiger partial charge in [0.15, 0.2) is 17.0 Å². The summed E-state index contributed by atoms with van der Waals surface area (Å²) in [7, 11) is 3.06. The number of hydrogen-bond acceptors (Lipinski definition) is 4. The average molecular weight is 353 g/mol. The first-order valence-corrected chi connectivity index (χ1v) is 8.41. The molecule has 134 valence electrons. The van der Waals surface area contributed by atoms with Gasteiger partial charge in [0, 0.05) is 18.5 Å². The van der Waals surface area contributed by atoms with Gasteiger partial charge >= 0.3 is 5.97 Å². The van der Waals surface area contributed by atoms with E-state index < -0.39 is 11.5 Å². The Hall–Kier alpha value is -3.02. The van der Waals surface area contributed by atoms with Crippen molar-refractivity contribution in [3.63, 3.8) is 0 Å². The molecule has 2 aromatic rings. The number of hydrogen-bond donors (Lipinski definition) is 1. The van der Waals surface area contributed by atoms with E-state index in [0.717, 1.165) is 11.1 Å². The first-order valence-electron chi connectivity index (χ1n) is 8.41. The summed E-state index contributed by atoms with van der Waals surface area (Å²) in [6.07, 6.45) is 0.797. The van der Waals surface area contributed by atoms with Crippen LogP contribution in [0.15, 0.2) is 36.4 Å². The number of carboxylic acid groups (broad SMARTS) is 1. The monoisotopic (exact) mass is 353 g/mol. The zero-order valence-electron chi connectivity index (χ0n) is 14.6. The fourth-order valence-electron chi connectivity index (χ4n) is 4.16. The molecule has 2 aliphatic heterocycles. The summed E-state index contributed by atoms with van der Waals surface area (Å²) < 4.78 is 10.7. The van der Waals surface area contributed by atoms with Gasteiger partial charge in [0.2, 0.25) is 0 Å². The molecule has 0 aromatic heterocycles. The standard InChI is InChI=1S/C20H19NO5/c1-25-16-9-12-7-8-21-18(22)14-6-4-3-5-13(14)11-20(21,19(23)24)15(12)10-17(16)26-2/h3-6,9-10H,7-8,11H2,1-2H3,(H,23,24). The van der Waals surface area contributed by atoms with E-state index in [1.807, 2.05) is 18.2 Å². The zero-order chi connectivity index (χ0) is 18.5. The predicted octanol–water partition coefficient (Wildman–Crippen LogP) is 2.24. The molecule has 1 N–H and O–H groups in total. The number of aliphatic carboxylic acids is 1. The van der Waals surface area contributed by atoms with Crippen LogP contribution >= 0.6 is 0 Å². The highest BCUT2D eigenvalue weighted by Crippen LogP contribution is 2.46. The van der Waals surface area contributed by atoms with Crippen molar-refractivity contribution in [1.29, 1.82) is 0 Å². The Morgan fingerprint density at radius 1 is 1.12 bits per heavy atom. The van der Waals surface area contributed by atoms with Crippen molar-refractivity contribution >= 4 is 11.9 Å². The maximum Gasteiger partial charge on any atom is 0.334 e. The number of benzene rings is 2.